The van der Waals surface area contributed by atoms with E-state index in [-0.39, 0.29) is 17.3 Å². The van der Waals surface area contributed by atoms with Gasteiger partial charge in [0.15, 0.2) is 0 Å². The summed E-state index contributed by atoms with van der Waals surface area (Å²) in [5.74, 6) is 0. The predicted octanol–water partition coefficient (Wildman–Crippen LogP) is 1.39. The number of anilines is 1. The van der Waals surface area contributed by atoms with Crippen LogP contribution in [0, 0.1) is 21.4 Å². The number of nitro groups is 1. The number of hydrogen-bond donors (Lipinski definition) is 1. The minimum atomic E-state index is -0.537. The maximum Gasteiger partial charge on any atom is 0.287 e. The first kappa shape index (κ1) is 12.3. The summed E-state index contributed by atoms with van der Waals surface area (Å²) in [7, 11) is 0. The number of nitrogens with zero attached hydrogens (tertiary/aromatic N) is 3. The summed E-state index contributed by atoms with van der Waals surface area (Å²) in [6.45, 7) is 1.60. The van der Waals surface area contributed by atoms with Crippen molar-refractivity contribution >= 4 is 11.4 Å². The van der Waals surface area contributed by atoms with Crippen LogP contribution in [0.4, 0.5) is 11.4 Å². The Bertz CT molecular complexity index is 509. The summed E-state index contributed by atoms with van der Waals surface area (Å²) in [5.41, 5.74) is 6.67. The molecule has 6 nitrogen and oxygen atoms in total. The lowest BCUT2D eigenvalue weighted by atomic mass is 10.0. The number of piperidine rings is 1. The summed E-state index contributed by atoms with van der Waals surface area (Å²) in [6, 6.07) is 6.62. The predicted molar refractivity (Wildman–Crippen MR) is 67.2 cm³/mol. The Morgan fingerprint density at radius 1 is 1.56 bits per heavy atom. The van der Waals surface area contributed by atoms with E-state index in [1.54, 1.807) is 12.1 Å². The average Bonchev–Trinajstić information content (AvgIpc) is 2.37. The molecule has 0 unspecified atom stereocenters. The van der Waals surface area contributed by atoms with Gasteiger partial charge in [0, 0.05) is 30.9 Å². The molecule has 0 amide bonds. The lowest BCUT2D eigenvalue weighted by Crippen LogP contribution is -2.42. The van der Waals surface area contributed by atoms with Crippen molar-refractivity contribution in [2.45, 2.75) is 18.9 Å². The van der Waals surface area contributed by atoms with Crippen LogP contribution in [-0.2, 0) is 0 Å². The van der Waals surface area contributed by atoms with Crippen molar-refractivity contribution in [1.29, 1.82) is 5.26 Å². The third kappa shape index (κ3) is 2.41. The van der Waals surface area contributed by atoms with Crippen LogP contribution in [0.3, 0.4) is 0 Å². The van der Waals surface area contributed by atoms with E-state index in [4.69, 9.17) is 11.0 Å². The quantitative estimate of drug-likeness (QED) is 0.628. The van der Waals surface area contributed by atoms with Crippen LogP contribution in [0.25, 0.3) is 0 Å². The third-order valence-corrected chi connectivity index (χ3v) is 3.12. The second kappa shape index (κ2) is 5.02. The van der Waals surface area contributed by atoms with Crippen LogP contribution in [-0.4, -0.2) is 24.1 Å². The highest BCUT2D eigenvalue weighted by Gasteiger charge is 2.20. The molecule has 94 valence electrons. The van der Waals surface area contributed by atoms with E-state index < -0.39 is 4.92 Å². The van der Waals surface area contributed by atoms with Gasteiger partial charge in [0.25, 0.3) is 5.69 Å². The highest BCUT2D eigenvalue weighted by Crippen LogP contribution is 2.26. The molecule has 0 aromatic heterocycles. The molecule has 0 bridgehead atoms. The van der Waals surface area contributed by atoms with E-state index in [1.165, 1.54) is 6.07 Å². The number of rotatable bonds is 2. The number of nitriles is 1. The van der Waals surface area contributed by atoms with E-state index >= 15 is 0 Å². The molecule has 2 rings (SSSR count). The second-order valence-electron chi connectivity index (χ2n) is 4.42. The molecule has 2 N–H and O–H groups in total. The van der Waals surface area contributed by atoms with Gasteiger partial charge in [-0.3, -0.25) is 10.1 Å². The molecular formula is C12H14N4O2. The Labute approximate surface area is 105 Å². The Morgan fingerprint density at radius 2 is 2.33 bits per heavy atom. The fraction of sp³-hybridized carbons (Fsp3) is 0.417. The molecule has 1 aromatic rings. The number of nitro benzene ring substituents is 1. The molecule has 6 heteroatoms. The van der Waals surface area contributed by atoms with Crippen LogP contribution in [0.2, 0.25) is 0 Å². The number of nitrogens with two attached hydrogens (primary N) is 1. The molecule has 1 fully saturated rings. The normalized spacial score (nSPS) is 19.3. The van der Waals surface area contributed by atoms with Crippen LogP contribution in [0.15, 0.2) is 18.2 Å². The largest absolute Gasteiger partial charge is 0.370 e. The van der Waals surface area contributed by atoms with Gasteiger partial charge in [-0.15, -0.1) is 0 Å². The number of hydrogen-bond acceptors (Lipinski definition) is 5. The highest BCUT2D eigenvalue weighted by atomic mass is 16.6. The topological polar surface area (TPSA) is 96.2 Å². The molecule has 1 aliphatic heterocycles. The summed E-state index contributed by atoms with van der Waals surface area (Å²) < 4.78 is 0. The zero-order chi connectivity index (χ0) is 13.1. The third-order valence-electron chi connectivity index (χ3n) is 3.12. The Balaban J connectivity index is 2.30. The highest BCUT2D eigenvalue weighted by molar-refractivity contribution is 5.60. The maximum atomic E-state index is 10.7. The van der Waals surface area contributed by atoms with E-state index in [0.29, 0.717) is 0 Å². The number of benzene rings is 1. The molecule has 1 saturated heterocycles. The molecule has 0 saturated carbocycles. The van der Waals surface area contributed by atoms with Crippen molar-refractivity contribution in [2.75, 3.05) is 18.0 Å². The van der Waals surface area contributed by atoms with Gasteiger partial charge in [-0.05, 0) is 25.0 Å². The summed E-state index contributed by atoms with van der Waals surface area (Å²) in [5, 5.41) is 19.7. The van der Waals surface area contributed by atoms with Crippen molar-refractivity contribution in [3.8, 4) is 6.07 Å². The lowest BCUT2D eigenvalue weighted by molar-refractivity contribution is -0.385. The minimum Gasteiger partial charge on any atom is -0.370 e. The smallest absolute Gasteiger partial charge is 0.287 e. The molecule has 18 heavy (non-hydrogen) atoms. The van der Waals surface area contributed by atoms with Gasteiger partial charge in [0.1, 0.15) is 11.6 Å². The van der Waals surface area contributed by atoms with Crippen molar-refractivity contribution in [2.24, 2.45) is 5.73 Å². The van der Waals surface area contributed by atoms with Gasteiger partial charge in [0.05, 0.1) is 4.92 Å². The Morgan fingerprint density at radius 3 is 2.94 bits per heavy atom. The van der Waals surface area contributed by atoms with Crippen LogP contribution in [0.5, 0.6) is 0 Å². The van der Waals surface area contributed by atoms with E-state index in [2.05, 4.69) is 4.90 Å². The van der Waals surface area contributed by atoms with Crippen molar-refractivity contribution in [3.05, 3.63) is 33.9 Å². The zero-order valence-corrected chi connectivity index (χ0v) is 9.87. The maximum absolute atomic E-state index is 10.7. The van der Waals surface area contributed by atoms with E-state index in [1.807, 2.05) is 6.07 Å². The van der Waals surface area contributed by atoms with Crippen molar-refractivity contribution < 1.29 is 4.92 Å². The van der Waals surface area contributed by atoms with Gasteiger partial charge in [-0.1, -0.05) is 0 Å². The minimum absolute atomic E-state index is 0.0941. The van der Waals surface area contributed by atoms with Gasteiger partial charge in [-0.25, -0.2) is 0 Å². The molecule has 1 atom stereocenters. The summed E-state index contributed by atoms with van der Waals surface area (Å²) in [4.78, 5) is 12.3. The monoisotopic (exact) mass is 246 g/mol. The fourth-order valence-corrected chi connectivity index (χ4v) is 2.21. The lowest BCUT2D eigenvalue weighted by Gasteiger charge is -2.32. The Hall–Kier alpha value is -2.13. The first-order chi connectivity index (χ1) is 8.61. The fourth-order valence-electron chi connectivity index (χ4n) is 2.21. The molecule has 1 aliphatic rings. The Kier molecular flexibility index (Phi) is 3.44. The van der Waals surface area contributed by atoms with E-state index in [9.17, 15) is 10.1 Å². The van der Waals surface area contributed by atoms with Crippen LogP contribution in [0.1, 0.15) is 18.4 Å². The first-order valence-corrected chi connectivity index (χ1v) is 5.81. The van der Waals surface area contributed by atoms with E-state index in [0.717, 1.165) is 31.6 Å². The molecule has 1 heterocycles. The molecule has 0 aliphatic carbocycles. The van der Waals surface area contributed by atoms with Crippen LogP contribution >= 0.6 is 0 Å². The SMILES string of the molecule is N#Cc1cc(N2CCC[C@@H](N)C2)ccc1[N+](=O)[O-]. The summed E-state index contributed by atoms with van der Waals surface area (Å²) in [6.07, 6.45) is 1.99. The van der Waals surface area contributed by atoms with Crippen molar-refractivity contribution in [3.63, 3.8) is 0 Å². The van der Waals surface area contributed by atoms with Gasteiger partial charge in [-0.2, -0.15) is 5.26 Å². The molecule has 1 aromatic carbocycles. The van der Waals surface area contributed by atoms with Crippen molar-refractivity contribution in [1.82, 2.24) is 0 Å². The van der Waals surface area contributed by atoms with Gasteiger partial charge >= 0.3 is 0 Å². The molecule has 0 spiro atoms. The summed E-state index contributed by atoms with van der Waals surface area (Å²) >= 11 is 0. The molecular weight excluding hydrogens is 232 g/mol. The first-order valence-electron chi connectivity index (χ1n) is 5.81. The van der Waals surface area contributed by atoms with Crippen LogP contribution < -0.4 is 10.6 Å². The standard InChI is InChI=1S/C12H14N4O2/c13-7-9-6-11(3-4-12(9)16(17)18)15-5-1-2-10(14)8-15/h3-4,6,10H,1-2,5,8,14H2/t10-/m1/s1. The van der Waals surface area contributed by atoms with Gasteiger partial charge < -0.3 is 10.6 Å². The second-order valence-corrected chi connectivity index (χ2v) is 4.42. The molecule has 0 radical (unpaired) electrons. The zero-order valence-electron chi connectivity index (χ0n) is 9.87. The van der Waals surface area contributed by atoms with Gasteiger partial charge in [0.2, 0.25) is 0 Å². The average molecular weight is 246 g/mol.